The van der Waals surface area contributed by atoms with Gasteiger partial charge in [0.05, 0.1) is 5.56 Å². The van der Waals surface area contributed by atoms with E-state index in [4.69, 9.17) is 4.74 Å². The minimum atomic E-state index is -4.36. The van der Waals surface area contributed by atoms with Crippen LogP contribution in [0.3, 0.4) is 0 Å². The molecule has 1 aliphatic heterocycles. The molecule has 0 bridgehead atoms. The average Bonchev–Trinajstić information content (AvgIpc) is 3.30. The van der Waals surface area contributed by atoms with Gasteiger partial charge in [-0.25, -0.2) is 4.79 Å². The van der Waals surface area contributed by atoms with E-state index in [1.165, 1.54) is 17.0 Å². The Morgan fingerprint density at radius 1 is 1.17 bits per heavy atom. The summed E-state index contributed by atoms with van der Waals surface area (Å²) in [7, 11) is 1.60. The minimum absolute atomic E-state index is 0.0179. The van der Waals surface area contributed by atoms with Crippen molar-refractivity contribution in [2.75, 3.05) is 20.1 Å². The number of nitrogens with zero attached hydrogens (tertiary/aromatic N) is 2. The van der Waals surface area contributed by atoms with Gasteiger partial charge in [0.15, 0.2) is 0 Å². The smallest absolute Gasteiger partial charge is 0.416 e. The second kappa shape index (κ2) is 11.0. The Balaban J connectivity index is 1.63. The largest absolute Gasteiger partial charge is 0.444 e. The molecular weight excluding hydrogens is 471 g/mol. The first-order valence-corrected chi connectivity index (χ1v) is 12.8. The first-order valence-electron chi connectivity index (χ1n) is 12.8. The van der Waals surface area contributed by atoms with E-state index >= 15 is 0 Å². The van der Waals surface area contributed by atoms with Gasteiger partial charge in [-0.05, 0) is 69.4 Å². The van der Waals surface area contributed by atoms with E-state index in [0.29, 0.717) is 24.4 Å². The van der Waals surface area contributed by atoms with E-state index < -0.39 is 29.5 Å². The Kier molecular flexibility index (Phi) is 8.63. The molecular formula is C27H40F3N3O3. The standard InChI is InChI=1S/C27H40F3N3O3/c1-17(2)12-23(32(6)25(35)36-26(3,4)5)24(34)31-22-11-10-19-15-33(16-21(19)22)14-18-8-7-9-20(13-18)27(28,29)30/h7-9,13,17,19,21-23H,10-12,14-16H2,1-6H3,(H,31,34)/t19-,21+,22+,23+/m1/s1. The summed E-state index contributed by atoms with van der Waals surface area (Å²) in [6, 6.07) is 4.84. The second-order valence-corrected chi connectivity index (χ2v) is 11.7. The molecule has 1 heterocycles. The van der Waals surface area contributed by atoms with Gasteiger partial charge in [0, 0.05) is 32.7 Å². The highest BCUT2D eigenvalue weighted by Gasteiger charge is 2.44. The molecule has 1 aliphatic carbocycles. The molecule has 1 saturated heterocycles. The number of hydrogen-bond acceptors (Lipinski definition) is 4. The topological polar surface area (TPSA) is 61.9 Å². The van der Waals surface area contributed by atoms with Crippen LogP contribution < -0.4 is 5.32 Å². The lowest BCUT2D eigenvalue weighted by Crippen LogP contribution is -2.52. The predicted octanol–water partition coefficient (Wildman–Crippen LogP) is 5.31. The van der Waals surface area contributed by atoms with Crippen molar-refractivity contribution in [2.24, 2.45) is 17.8 Å². The van der Waals surface area contributed by atoms with Gasteiger partial charge in [-0.3, -0.25) is 14.6 Å². The third-order valence-corrected chi connectivity index (χ3v) is 7.07. The molecule has 1 aromatic rings. The molecule has 6 nitrogen and oxygen atoms in total. The van der Waals surface area contributed by atoms with E-state index in [0.717, 1.165) is 32.0 Å². The van der Waals surface area contributed by atoms with Crippen molar-refractivity contribution in [3.8, 4) is 0 Å². The molecule has 202 valence electrons. The number of carbonyl (C=O) groups excluding carboxylic acids is 2. The van der Waals surface area contributed by atoms with Gasteiger partial charge in [-0.2, -0.15) is 13.2 Å². The molecule has 2 amide bonds. The summed E-state index contributed by atoms with van der Waals surface area (Å²) in [6.45, 7) is 11.4. The third-order valence-electron chi connectivity index (χ3n) is 7.07. The highest BCUT2D eigenvalue weighted by Crippen LogP contribution is 2.39. The molecule has 9 heteroatoms. The van der Waals surface area contributed by atoms with Crippen LogP contribution in [0.4, 0.5) is 18.0 Å². The number of rotatable bonds is 7. The summed E-state index contributed by atoms with van der Waals surface area (Å²) >= 11 is 0. The van der Waals surface area contributed by atoms with Crippen molar-refractivity contribution in [2.45, 2.75) is 84.3 Å². The minimum Gasteiger partial charge on any atom is -0.444 e. The maximum atomic E-state index is 13.4. The normalized spacial score (nSPS) is 23.4. The zero-order chi connectivity index (χ0) is 26.8. The summed E-state index contributed by atoms with van der Waals surface area (Å²) in [5.41, 5.74) is -0.647. The number of nitrogens with one attached hydrogen (secondary N) is 1. The van der Waals surface area contributed by atoms with E-state index in [2.05, 4.69) is 10.2 Å². The van der Waals surface area contributed by atoms with Gasteiger partial charge < -0.3 is 10.1 Å². The first-order chi connectivity index (χ1) is 16.6. The van der Waals surface area contributed by atoms with Crippen LogP contribution in [0, 0.1) is 17.8 Å². The van der Waals surface area contributed by atoms with E-state index in [1.807, 2.05) is 13.8 Å². The lowest BCUT2D eigenvalue weighted by molar-refractivity contribution is -0.137. The fourth-order valence-corrected chi connectivity index (χ4v) is 5.40. The van der Waals surface area contributed by atoms with Crippen molar-refractivity contribution < 1.29 is 27.5 Å². The van der Waals surface area contributed by atoms with Crippen molar-refractivity contribution in [1.29, 1.82) is 0 Å². The number of alkyl halides is 3. The zero-order valence-electron chi connectivity index (χ0n) is 22.2. The van der Waals surface area contributed by atoms with Gasteiger partial charge in [0.2, 0.25) is 5.91 Å². The van der Waals surface area contributed by atoms with E-state index in [9.17, 15) is 22.8 Å². The molecule has 0 spiro atoms. The lowest BCUT2D eigenvalue weighted by Gasteiger charge is -2.32. The van der Waals surface area contributed by atoms with E-state index in [-0.39, 0.29) is 23.8 Å². The molecule has 2 fully saturated rings. The molecule has 0 unspecified atom stereocenters. The molecule has 3 rings (SSSR count). The van der Waals surface area contributed by atoms with Gasteiger partial charge >= 0.3 is 12.3 Å². The fraction of sp³-hybridized carbons (Fsp3) is 0.704. The fourth-order valence-electron chi connectivity index (χ4n) is 5.40. The Labute approximate surface area is 212 Å². The molecule has 2 aliphatic rings. The van der Waals surface area contributed by atoms with Gasteiger partial charge in [-0.15, -0.1) is 0 Å². The average molecular weight is 512 g/mol. The van der Waals surface area contributed by atoms with Crippen LogP contribution in [0.15, 0.2) is 24.3 Å². The Morgan fingerprint density at radius 2 is 1.86 bits per heavy atom. The number of amides is 2. The summed E-state index contributed by atoms with van der Waals surface area (Å²) in [4.78, 5) is 29.6. The SMILES string of the molecule is CC(C)C[C@@H](C(=O)N[C@H]1CC[C@@H]2CN(Cc3cccc(C(F)(F)F)c3)C[C@@H]21)N(C)C(=O)OC(C)(C)C. The van der Waals surface area contributed by atoms with Crippen LogP contribution in [-0.2, 0) is 22.3 Å². The number of benzene rings is 1. The molecule has 4 atom stereocenters. The second-order valence-electron chi connectivity index (χ2n) is 11.7. The highest BCUT2D eigenvalue weighted by atomic mass is 19.4. The number of halogens is 3. The first kappa shape index (κ1) is 28.3. The summed E-state index contributed by atoms with van der Waals surface area (Å²) in [5, 5.41) is 3.20. The van der Waals surface area contributed by atoms with Crippen LogP contribution in [0.25, 0.3) is 0 Å². The van der Waals surface area contributed by atoms with Crippen molar-refractivity contribution in [3.05, 3.63) is 35.4 Å². The zero-order valence-corrected chi connectivity index (χ0v) is 22.2. The molecule has 1 N–H and O–H groups in total. The Morgan fingerprint density at radius 3 is 2.47 bits per heavy atom. The van der Waals surface area contributed by atoms with Crippen molar-refractivity contribution >= 4 is 12.0 Å². The number of ether oxygens (including phenoxy) is 1. The van der Waals surface area contributed by atoms with Gasteiger partial charge in [0.1, 0.15) is 11.6 Å². The summed E-state index contributed by atoms with van der Waals surface area (Å²) < 4.78 is 44.7. The maximum absolute atomic E-state index is 13.4. The number of fused-ring (bicyclic) bond motifs is 1. The lowest BCUT2D eigenvalue weighted by atomic mass is 9.96. The van der Waals surface area contributed by atoms with Crippen molar-refractivity contribution in [3.63, 3.8) is 0 Å². The van der Waals surface area contributed by atoms with E-state index in [1.54, 1.807) is 33.9 Å². The van der Waals surface area contributed by atoms with Crippen LogP contribution in [0.2, 0.25) is 0 Å². The Hall–Kier alpha value is -2.29. The molecule has 1 aromatic carbocycles. The van der Waals surface area contributed by atoms with Crippen LogP contribution in [-0.4, -0.2) is 59.6 Å². The molecule has 0 radical (unpaired) electrons. The van der Waals surface area contributed by atoms with Crippen LogP contribution >= 0.6 is 0 Å². The molecule has 36 heavy (non-hydrogen) atoms. The van der Waals surface area contributed by atoms with Crippen LogP contribution in [0.5, 0.6) is 0 Å². The quantitative estimate of drug-likeness (QED) is 0.539. The Bertz CT molecular complexity index is 929. The summed E-state index contributed by atoms with van der Waals surface area (Å²) in [6.07, 6.45) is -2.54. The maximum Gasteiger partial charge on any atom is 0.416 e. The number of carbonyl (C=O) groups is 2. The number of likely N-dealkylation sites (tertiary alicyclic amines) is 1. The monoisotopic (exact) mass is 511 g/mol. The molecule has 1 saturated carbocycles. The number of hydrogen-bond donors (Lipinski definition) is 1. The predicted molar refractivity (Wildman–Crippen MR) is 132 cm³/mol. The third kappa shape index (κ3) is 7.37. The summed E-state index contributed by atoms with van der Waals surface area (Å²) in [5.74, 6) is 0.662. The van der Waals surface area contributed by atoms with Gasteiger partial charge in [0.25, 0.3) is 0 Å². The van der Waals surface area contributed by atoms with Gasteiger partial charge in [-0.1, -0.05) is 32.0 Å². The van der Waals surface area contributed by atoms with Crippen LogP contribution in [0.1, 0.15) is 65.0 Å². The van der Waals surface area contributed by atoms with Crippen molar-refractivity contribution in [1.82, 2.24) is 15.1 Å². The number of likely N-dealkylation sites (N-methyl/N-ethyl adjacent to an activating group) is 1. The highest BCUT2D eigenvalue weighted by molar-refractivity contribution is 5.86. The molecule has 0 aromatic heterocycles.